The van der Waals surface area contributed by atoms with Crippen molar-refractivity contribution in [2.75, 3.05) is 57.3 Å². The molecule has 4 rings (SSSR count). The molecule has 0 bridgehead atoms. The highest BCUT2D eigenvalue weighted by molar-refractivity contribution is 7.89. The molecule has 10 nitrogen and oxygen atoms in total. The molecule has 2 aromatic carbocycles. The summed E-state index contributed by atoms with van der Waals surface area (Å²) >= 11 is 1.48. The fourth-order valence-electron chi connectivity index (χ4n) is 4.26. The van der Waals surface area contributed by atoms with E-state index < -0.39 is 10.0 Å². The van der Waals surface area contributed by atoms with Gasteiger partial charge in [0, 0.05) is 70.8 Å². The molecule has 0 radical (unpaired) electrons. The van der Waals surface area contributed by atoms with Crippen LogP contribution in [0.2, 0.25) is 0 Å². The van der Waals surface area contributed by atoms with E-state index in [0.29, 0.717) is 24.2 Å². The van der Waals surface area contributed by atoms with Crippen LogP contribution in [-0.4, -0.2) is 80.9 Å². The molecule has 39 heavy (non-hydrogen) atoms. The van der Waals surface area contributed by atoms with Crippen LogP contribution in [0.4, 0.5) is 9.52 Å². The Hall–Kier alpha value is -3.62. The van der Waals surface area contributed by atoms with Gasteiger partial charge in [-0.1, -0.05) is 17.4 Å². The van der Waals surface area contributed by atoms with Crippen LogP contribution in [0.15, 0.2) is 47.4 Å². The maximum atomic E-state index is 14.0. The fourth-order valence-corrected chi connectivity index (χ4v) is 6.73. The van der Waals surface area contributed by atoms with Crippen molar-refractivity contribution in [2.45, 2.75) is 17.7 Å². The molecule has 1 aliphatic heterocycles. The number of amides is 1. The second kappa shape index (κ2) is 13.0. The lowest BCUT2D eigenvalue weighted by Crippen LogP contribution is -2.48. The predicted molar refractivity (Wildman–Crippen MR) is 146 cm³/mol. The van der Waals surface area contributed by atoms with E-state index in [1.807, 2.05) is 18.2 Å². The SMILES string of the molecule is N#CCCN(CCC#N)S(=O)(=O)c1ccc(C(=O)NCCN2CCN(c3nc4c(F)cccc4s3)CC2)cc1. The molecule has 2 heterocycles. The van der Waals surface area contributed by atoms with Gasteiger partial charge in [0.2, 0.25) is 10.0 Å². The van der Waals surface area contributed by atoms with Gasteiger partial charge in [-0.3, -0.25) is 9.69 Å². The van der Waals surface area contributed by atoms with Gasteiger partial charge >= 0.3 is 0 Å². The number of para-hydroxylation sites is 1. The van der Waals surface area contributed by atoms with E-state index in [1.54, 1.807) is 6.07 Å². The molecular formula is C26H28FN7O3S2. The first-order chi connectivity index (χ1) is 18.8. The maximum Gasteiger partial charge on any atom is 0.251 e. The molecule has 0 aliphatic carbocycles. The Morgan fingerprint density at radius 1 is 1.05 bits per heavy atom. The number of fused-ring (bicyclic) bond motifs is 1. The van der Waals surface area contributed by atoms with Gasteiger partial charge in [-0.25, -0.2) is 17.8 Å². The minimum atomic E-state index is -3.89. The summed E-state index contributed by atoms with van der Waals surface area (Å²) in [5, 5.41) is 21.3. The van der Waals surface area contributed by atoms with Crippen molar-refractivity contribution in [1.29, 1.82) is 10.5 Å². The number of carbonyl (C=O) groups is 1. The summed E-state index contributed by atoms with van der Waals surface area (Å²) in [5.74, 6) is -0.617. The summed E-state index contributed by atoms with van der Waals surface area (Å²) in [5.41, 5.74) is 0.742. The smallest absolute Gasteiger partial charge is 0.251 e. The lowest BCUT2D eigenvalue weighted by atomic mass is 10.2. The Morgan fingerprint density at radius 3 is 2.33 bits per heavy atom. The van der Waals surface area contributed by atoms with Crippen molar-refractivity contribution in [3.63, 3.8) is 0 Å². The number of hydrogen-bond donors (Lipinski definition) is 1. The quantitative estimate of drug-likeness (QED) is 0.373. The van der Waals surface area contributed by atoms with E-state index >= 15 is 0 Å². The van der Waals surface area contributed by atoms with Crippen LogP contribution in [0.5, 0.6) is 0 Å². The van der Waals surface area contributed by atoms with Gasteiger partial charge in [0.1, 0.15) is 11.3 Å². The van der Waals surface area contributed by atoms with Crippen molar-refractivity contribution in [3.05, 3.63) is 53.8 Å². The van der Waals surface area contributed by atoms with Gasteiger partial charge < -0.3 is 10.2 Å². The number of nitrogens with zero attached hydrogens (tertiary/aromatic N) is 6. The number of benzene rings is 2. The van der Waals surface area contributed by atoms with Crippen LogP contribution in [0.25, 0.3) is 10.2 Å². The number of aromatic nitrogens is 1. The molecule has 1 aromatic heterocycles. The molecule has 3 aromatic rings. The van der Waals surface area contributed by atoms with E-state index in [0.717, 1.165) is 40.3 Å². The number of anilines is 1. The molecule has 13 heteroatoms. The van der Waals surface area contributed by atoms with Crippen molar-refractivity contribution < 1.29 is 17.6 Å². The topological polar surface area (TPSA) is 133 Å². The summed E-state index contributed by atoms with van der Waals surface area (Å²) in [6.45, 7) is 4.17. The molecular weight excluding hydrogens is 541 g/mol. The van der Waals surface area contributed by atoms with Crippen LogP contribution in [0.3, 0.4) is 0 Å². The van der Waals surface area contributed by atoms with Crippen LogP contribution in [0.1, 0.15) is 23.2 Å². The van der Waals surface area contributed by atoms with Gasteiger partial charge in [-0.2, -0.15) is 14.8 Å². The van der Waals surface area contributed by atoms with Gasteiger partial charge in [0.15, 0.2) is 5.13 Å². The molecule has 204 valence electrons. The Kier molecular flexibility index (Phi) is 9.43. The van der Waals surface area contributed by atoms with E-state index in [1.165, 1.54) is 41.7 Å². The highest BCUT2D eigenvalue weighted by Gasteiger charge is 2.24. The Bertz CT molecular complexity index is 1470. The molecule has 1 fully saturated rings. The number of sulfonamides is 1. The Morgan fingerprint density at radius 2 is 1.72 bits per heavy atom. The zero-order valence-electron chi connectivity index (χ0n) is 21.2. The minimum absolute atomic E-state index is 0.00339. The molecule has 1 saturated heterocycles. The summed E-state index contributed by atoms with van der Waals surface area (Å²) in [4.78, 5) is 21.5. The van der Waals surface area contributed by atoms with Gasteiger partial charge in [-0.05, 0) is 36.4 Å². The monoisotopic (exact) mass is 569 g/mol. The second-order valence-electron chi connectivity index (χ2n) is 8.91. The average Bonchev–Trinajstić information content (AvgIpc) is 3.39. The number of thiazole rings is 1. The van der Waals surface area contributed by atoms with Gasteiger partial charge in [-0.15, -0.1) is 0 Å². The number of nitrogens with one attached hydrogen (secondary N) is 1. The number of rotatable bonds is 11. The summed E-state index contributed by atoms with van der Waals surface area (Å²) < 4.78 is 41.8. The number of nitriles is 2. The highest BCUT2D eigenvalue weighted by Crippen LogP contribution is 2.30. The van der Waals surface area contributed by atoms with Crippen LogP contribution >= 0.6 is 11.3 Å². The Labute approximate surface area is 230 Å². The van der Waals surface area contributed by atoms with E-state index in [2.05, 4.69) is 20.1 Å². The molecule has 1 amide bonds. The molecule has 0 spiro atoms. The summed E-state index contributed by atoms with van der Waals surface area (Å²) in [6, 6.07) is 14.4. The zero-order chi connectivity index (χ0) is 27.8. The normalized spacial score (nSPS) is 14.3. The first-order valence-corrected chi connectivity index (χ1v) is 14.7. The number of piperazine rings is 1. The van der Waals surface area contributed by atoms with E-state index in [4.69, 9.17) is 10.5 Å². The third-order valence-corrected chi connectivity index (χ3v) is 9.41. The molecule has 0 saturated carbocycles. The first kappa shape index (κ1) is 28.4. The Balaban J connectivity index is 1.25. The maximum absolute atomic E-state index is 14.0. The zero-order valence-corrected chi connectivity index (χ0v) is 22.8. The largest absolute Gasteiger partial charge is 0.351 e. The molecule has 1 aliphatic rings. The van der Waals surface area contributed by atoms with Crippen LogP contribution in [0, 0.1) is 28.5 Å². The van der Waals surface area contributed by atoms with Crippen molar-refractivity contribution in [1.82, 2.24) is 19.5 Å². The lowest BCUT2D eigenvalue weighted by molar-refractivity contribution is 0.0947. The van der Waals surface area contributed by atoms with Crippen LogP contribution < -0.4 is 10.2 Å². The summed E-state index contributed by atoms with van der Waals surface area (Å²) in [6.07, 6.45) is 0.0321. The van der Waals surface area contributed by atoms with Crippen molar-refractivity contribution in [2.24, 2.45) is 0 Å². The molecule has 0 unspecified atom stereocenters. The lowest BCUT2D eigenvalue weighted by Gasteiger charge is -2.34. The predicted octanol–water partition coefficient (Wildman–Crippen LogP) is 2.81. The van der Waals surface area contributed by atoms with E-state index in [-0.39, 0.29) is 42.6 Å². The number of halogens is 1. The fraction of sp³-hybridized carbons (Fsp3) is 0.385. The van der Waals surface area contributed by atoms with E-state index in [9.17, 15) is 17.6 Å². The third-order valence-electron chi connectivity index (χ3n) is 6.42. The highest BCUT2D eigenvalue weighted by atomic mass is 32.2. The van der Waals surface area contributed by atoms with Gasteiger partial charge in [0.25, 0.3) is 5.91 Å². The van der Waals surface area contributed by atoms with Gasteiger partial charge in [0.05, 0.1) is 21.7 Å². The third kappa shape index (κ3) is 6.88. The average molecular weight is 570 g/mol. The minimum Gasteiger partial charge on any atom is -0.351 e. The number of carbonyl (C=O) groups excluding carboxylic acids is 1. The van der Waals surface area contributed by atoms with Crippen molar-refractivity contribution >= 4 is 42.6 Å². The summed E-state index contributed by atoms with van der Waals surface area (Å²) in [7, 11) is -3.89. The first-order valence-electron chi connectivity index (χ1n) is 12.5. The van der Waals surface area contributed by atoms with Crippen LogP contribution in [-0.2, 0) is 10.0 Å². The van der Waals surface area contributed by atoms with Crippen molar-refractivity contribution in [3.8, 4) is 12.1 Å². The molecule has 0 atom stereocenters. The molecule has 1 N–H and O–H groups in total. The second-order valence-corrected chi connectivity index (χ2v) is 11.9. The number of hydrogen-bond acceptors (Lipinski definition) is 9. The standard InChI is InChI=1S/C26H28FN7O3S2/c27-22-4-1-5-23-24(22)31-26(38-23)33-18-16-32(17-19-33)15-12-30-25(35)20-6-8-21(9-7-20)39(36,37)34(13-2-10-28)14-3-11-29/h1,4-9H,2-3,12-19H2,(H,30,35).